The van der Waals surface area contributed by atoms with E-state index in [1.807, 2.05) is 0 Å². The van der Waals surface area contributed by atoms with Gasteiger partial charge in [-0.1, -0.05) is 0 Å². The Morgan fingerprint density at radius 3 is 2.57 bits per heavy atom. The van der Waals surface area contributed by atoms with Crippen molar-refractivity contribution in [3.8, 4) is 5.75 Å². The van der Waals surface area contributed by atoms with Gasteiger partial charge in [-0.15, -0.1) is 0 Å². The maximum Gasteiger partial charge on any atom is 0.346 e. The molecule has 1 aromatic carbocycles. The molecule has 1 unspecified atom stereocenters. The molecule has 0 bridgehead atoms. The van der Waals surface area contributed by atoms with Gasteiger partial charge in [0.1, 0.15) is 16.5 Å². The van der Waals surface area contributed by atoms with Crippen molar-refractivity contribution < 1.29 is 27.4 Å². The summed E-state index contributed by atoms with van der Waals surface area (Å²) in [6.45, 7) is -0.496. The van der Waals surface area contributed by atoms with E-state index >= 15 is 0 Å². The van der Waals surface area contributed by atoms with Gasteiger partial charge in [0.15, 0.2) is 0 Å². The molecule has 122 valence electrons. The molecule has 1 heterocycles. The van der Waals surface area contributed by atoms with Crippen LogP contribution in [-0.2, 0) is 14.8 Å². The summed E-state index contributed by atoms with van der Waals surface area (Å²) in [6.07, 6.45) is 1.09. The molecule has 23 heavy (non-hydrogen) atoms. The van der Waals surface area contributed by atoms with Crippen LogP contribution in [0.2, 0.25) is 0 Å². The number of carboxylic acids is 1. The van der Waals surface area contributed by atoms with Crippen molar-refractivity contribution in [3.63, 3.8) is 0 Å². The summed E-state index contributed by atoms with van der Waals surface area (Å²) < 4.78 is 44.1. The Bertz CT molecular complexity index is 766. The van der Waals surface area contributed by atoms with Crippen molar-refractivity contribution in [1.29, 1.82) is 0 Å². The van der Waals surface area contributed by atoms with E-state index in [9.17, 15) is 17.6 Å². The van der Waals surface area contributed by atoms with Gasteiger partial charge < -0.3 is 9.84 Å². The van der Waals surface area contributed by atoms with E-state index in [0.717, 1.165) is 18.3 Å². The zero-order chi connectivity index (χ0) is 16.9. The molecule has 0 saturated heterocycles. The Balaban J connectivity index is 2.05. The van der Waals surface area contributed by atoms with Gasteiger partial charge in [-0.2, -0.15) is 0 Å². The van der Waals surface area contributed by atoms with E-state index in [-0.39, 0.29) is 10.6 Å². The van der Waals surface area contributed by atoms with Crippen LogP contribution < -0.4 is 9.46 Å². The Labute approximate surface area is 131 Å². The van der Waals surface area contributed by atoms with Gasteiger partial charge in [-0.25, -0.2) is 22.3 Å². The number of halogens is 1. The van der Waals surface area contributed by atoms with Crippen LogP contribution in [0.15, 0.2) is 53.7 Å². The number of sulfonamides is 1. The third kappa shape index (κ3) is 4.73. The summed E-state index contributed by atoms with van der Waals surface area (Å²) in [5, 5.41) is 9.11. The van der Waals surface area contributed by atoms with Gasteiger partial charge in [0.25, 0.3) is 0 Å². The smallest absolute Gasteiger partial charge is 0.346 e. The second kappa shape index (κ2) is 7.16. The van der Waals surface area contributed by atoms with Crippen LogP contribution in [0.5, 0.6) is 5.75 Å². The Kier molecular flexibility index (Phi) is 5.24. The second-order valence-electron chi connectivity index (χ2n) is 4.44. The SMILES string of the molecule is O=C(O)C(CNS(=O)(=O)c1cccnc1)Oc1ccc(F)cc1. The summed E-state index contributed by atoms with van der Waals surface area (Å²) in [6, 6.07) is 7.48. The third-order valence-electron chi connectivity index (χ3n) is 2.77. The lowest BCUT2D eigenvalue weighted by molar-refractivity contribution is -0.144. The number of carboxylic acid groups (broad SMARTS) is 1. The van der Waals surface area contributed by atoms with Crippen LogP contribution in [0.25, 0.3) is 0 Å². The van der Waals surface area contributed by atoms with Crippen molar-refractivity contribution in [1.82, 2.24) is 9.71 Å². The van der Waals surface area contributed by atoms with E-state index in [1.165, 1.54) is 30.5 Å². The molecule has 2 rings (SSSR count). The van der Waals surface area contributed by atoms with Crippen molar-refractivity contribution in [2.24, 2.45) is 0 Å². The number of pyridine rings is 1. The standard InChI is InChI=1S/C14H13FN2O5S/c15-10-3-5-11(6-4-10)22-13(14(18)19)9-17-23(20,21)12-2-1-7-16-8-12/h1-8,13,17H,9H2,(H,18,19). The number of rotatable bonds is 7. The lowest BCUT2D eigenvalue weighted by atomic mass is 10.3. The summed E-state index contributed by atoms with van der Waals surface area (Å²) in [4.78, 5) is 14.8. The van der Waals surface area contributed by atoms with Crippen molar-refractivity contribution in [3.05, 3.63) is 54.6 Å². The minimum atomic E-state index is -3.90. The quantitative estimate of drug-likeness (QED) is 0.780. The summed E-state index contributed by atoms with van der Waals surface area (Å²) in [5.41, 5.74) is 0. The number of ether oxygens (including phenoxy) is 1. The molecule has 0 aliphatic rings. The fourth-order valence-electron chi connectivity index (χ4n) is 1.63. The highest BCUT2D eigenvalue weighted by atomic mass is 32.2. The fourth-order valence-corrected chi connectivity index (χ4v) is 2.63. The minimum absolute atomic E-state index is 0.0917. The molecule has 0 radical (unpaired) electrons. The molecule has 1 aromatic heterocycles. The predicted octanol–water partition coefficient (Wildman–Crippen LogP) is 1.03. The third-order valence-corrected chi connectivity index (χ3v) is 4.18. The number of benzene rings is 1. The predicted molar refractivity (Wildman–Crippen MR) is 77.9 cm³/mol. The van der Waals surface area contributed by atoms with Crippen molar-refractivity contribution in [2.75, 3.05) is 6.54 Å². The first-order valence-corrected chi connectivity index (χ1v) is 7.91. The van der Waals surface area contributed by atoms with Gasteiger partial charge in [0.05, 0.1) is 6.54 Å². The largest absolute Gasteiger partial charge is 0.478 e. The van der Waals surface area contributed by atoms with Gasteiger partial charge in [0, 0.05) is 12.4 Å². The summed E-state index contributed by atoms with van der Waals surface area (Å²) >= 11 is 0. The number of hydrogen-bond acceptors (Lipinski definition) is 5. The number of nitrogens with one attached hydrogen (secondary N) is 1. The molecule has 7 nitrogen and oxygen atoms in total. The van der Waals surface area contributed by atoms with Gasteiger partial charge in [-0.05, 0) is 36.4 Å². The van der Waals surface area contributed by atoms with Gasteiger partial charge >= 0.3 is 5.97 Å². The summed E-state index contributed by atoms with van der Waals surface area (Å²) in [7, 11) is -3.90. The van der Waals surface area contributed by atoms with Gasteiger partial charge in [0.2, 0.25) is 16.1 Å². The molecule has 0 aliphatic heterocycles. The van der Waals surface area contributed by atoms with E-state index < -0.39 is 34.5 Å². The molecule has 0 amide bonds. The van der Waals surface area contributed by atoms with Crippen LogP contribution in [0, 0.1) is 5.82 Å². The number of carbonyl (C=O) groups is 1. The normalized spacial score (nSPS) is 12.6. The first kappa shape index (κ1) is 16.8. The molecule has 1 atom stereocenters. The highest BCUT2D eigenvalue weighted by molar-refractivity contribution is 7.89. The molecule has 9 heteroatoms. The van der Waals surface area contributed by atoms with Crippen LogP contribution >= 0.6 is 0 Å². The Morgan fingerprint density at radius 2 is 2.00 bits per heavy atom. The number of aromatic nitrogens is 1. The highest BCUT2D eigenvalue weighted by Crippen LogP contribution is 2.13. The number of nitrogens with zero attached hydrogens (tertiary/aromatic N) is 1. The lowest BCUT2D eigenvalue weighted by Crippen LogP contribution is -2.40. The molecule has 0 spiro atoms. The van der Waals surface area contributed by atoms with Crippen LogP contribution in [-0.4, -0.2) is 37.1 Å². The van der Waals surface area contributed by atoms with E-state index in [1.54, 1.807) is 0 Å². The first-order valence-electron chi connectivity index (χ1n) is 6.43. The van der Waals surface area contributed by atoms with Crippen LogP contribution in [0.4, 0.5) is 4.39 Å². The minimum Gasteiger partial charge on any atom is -0.478 e. The molecule has 0 aliphatic carbocycles. The molecule has 2 N–H and O–H groups in total. The monoisotopic (exact) mass is 340 g/mol. The van der Waals surface area contributed by atoms with Crippen molar-refractivity contribution >= 4 is 16.0 Å². The van der Waals surface area contributed by atoms with E-state index in [2.05, 4.69) is 9.71 Å². The maximum atomic E-state index is 12.8. The molecule has 2 aromatic rings. The first-order chi connectivity index (χ1) is 10.9. The number of aliphatic carboxylic acids is 1. The Morgan fingerprint density at radius 1 is 1.30 bits per heavy atom. The summed E-state index contributed by atoms with van der Waals surface area (Å²) in [5.74, 6) is -1.75. The zero-order valence-electron chi connectivity index (χ0n) is 11.7. The highest BCUT2D eigenvalue weighted by Gasteiger charge is 2.23. The van der Waals surface area contributed by atoms with Crippen LogP contribution in [0.1, 0.15) is 0 Å². The molecule has 0 saturated carbocycles. The number of hydrogen-bond donors (Lipinski definition) is 2. The van der Waals surface area contributed by atoms with E-state index in [0.29, 0.717) is 0 Å². The van der Waals surface area contributed by atoms with E-state index in [4.69, 9.17) is 9.84 Å². The lowest BCUT2D eigenvalue weighted by Gasteiger charge is -2.16. The maximum absolute atomic E-state index is 12.8. The molecular formula is C14H13FN2O5S. The zero-order valence-corrected chi connectivity index (χ0v) is 12.5. The molecule has 0 fully saturated rings. The van der Waals surface area contributed by atoms with Gasteiger partial charge in [-0.3, -0.25) is 4.98 Å². The van der Waals surface area contributed by atoms with Crippen LogP contribution in [0.3, 0.4) is 0 Å². The molecular weight excluding hydrogens is 327 g/mol. The average Bonchev–Trinajstić information content (AvgIpc) is 2.54. The average molecular weight is 340 g/mol. The fraction of sp³-hybridized carbons (Fsp3) is 0.143. The second-order valence-corrected chi connectivity index (χ2v) is 6.21. The topological polar surface area (TPSA) is 106 Å². The van der Waals surface area contributed by atoms with Crippen molar-refractivity contribution in [2.45, 2.75) is 11.0 Å². The Hall–Kier alpha value is -2.52.